The highest BCUT2D eigenvalue weighted by Crippen LogP contribution is 2.49. The fraction of sp³-hybridized carbons (Fsp3) is 0.923. The molecule has 0 aliphatic heterocycles. The van der Waals surface area contributed by atoms with Gasteiger partial charge in [-0.15, -0.1) is 0 Å². The van der Waals surface area contributed by atoms with Crippen LogP contribution in [0.5, 0.6) is 0 Å². The predicted octanol–water partition coefficient (Wildman–Crippen LogP) is 2.11. The topological polar surface area (TPSA) is 38.3 Å². The molecule has 3 nitrogen and oxygen atoms in total. The largest absolute Gasteiger partial charge is 0.469 e. The van der Waals surface area contributed by atoms with Gasteiger partial charge in [0.1, 0.15) is 0 Å². The summed E-state index contributed by atoms with van der Waals surface area (Å²) in [4.78, 5) is 12.0. The maximum Gasteiger partial charge on any atom is 0.313 e. The summed E-state index contributed by atoms with van der Waals surface area (Å²) < 4.78 is 5.02. The van der Waals surface area contributed by atoms with Crippen molar-refractivity contribution in [1.82, 2.24) is 5.32 Å². The minimum Gasteiger partial charge on any atom is -0.469 e. The van der Waals surface area contributed by atoms with E-state index in [9.17, 15) is 4.79 Å². The number of methoxy groups -OCH3 is 1. The normalized spacial score (nSPS) is 26.1. The lowest BCUT2D eigenvalue weighted by molar-refractivity contribution is -0.162. The Morgan fingerprint density at radius 1 is 1.31 bits per heavy atom. The van der Waals surface area contributed by atoms with Crippen LogP contribution in [-0.2, 0) is 9.53 Å². The third kappa shape index (κ3) is 1.75. The quantitative estimate of drug-likeness (QED) is 0.745. The molecule has 0 radical (unpaired) electrons. The van der Waals surface area contributed by atoms with Gasteiger partial charge in [-0.05, 0) is 38.6 Å². The summed E-state index contributed by atoms with van der Waals surface area (Å²) >= 11 is 0. The second-order valence-electron chi connectivity index (χ2n) is 5.31. The highest BCUT2D eigenvalue weighted by molar-refractivity contribution is 5.78. The van der Waals surface area contributed by atoms with Crippen LogP contribution >= 0.6 is 0 Å². The molecule has 0 bridgehead atoms. The average molecular weight is 225 g/mol. The van der Waals surface area contributed by atoms with E-state index in [-0.39, 0.29) is 11.4 Å². The molecule has 2 rings (SSSR count). The Morgan fingerprint density at radius 2 is 1.94 bits per heavy atom. The Kier molecular flexibility index (Phi) is 3.53. The van der Waals surface area contributed by atoms with Crippen LogP contribution in [0.4, 0.5) is 0 Å². The van der Waals surface area contributed by atoms with E-state index in [1.54, 1.807) is 0 Å². The summed E-state index contributed by atoms with van der Waals surface area (Å²) in [6.45, 7) is 0. The highest BCUT2D eigenvalue weighted by Gasteiger charge is 2.53. The zero-order chi connectivity index (χ0) is 11.6. The summed E-state index contributed by atoms with van der Waals surface area (Å²) in [5, 5.41) is 3.40. The average Bonchev–Trinajstić information content (AvgIpc) is 2.75. The van der Waals surface area contributed by atoms with E-state index in [1.807, 2.05) is 7.05 Å². The number of esters is 1. The second-order valence-corrected chi connectivity index (χ2v) is 5.31. The van der Waals surface area contributed by atoms with E-state index < -0.39 is 0 Å². The minimum absolute atomic E-state index is 0.00463. The first-order chi connectivity index (χ1) is 7.74. The summed E-state index contributed by atoms with van der Waals surface area (Å²) in [7, 11) is 3.51. The van der Waals surface area contributed by atoms with Gasteiger partial charge in [-0.1, -0.05) is 19.3 Å². The van der Waals surface area contributed by atoms with E-state index in [4.69, 9.17) is 4.74 Å². The van der Waals surface area contributed by atoms with E-state index in [2.05, 4.69) is 5.32 Å². The van der Waals surface area contributed by atoms with Crippen LogP contribution in [0.2, 0.25) is 0 Å². The molecule has 0 aromatic rings. The van der Waals surface area contributed by atoms with E-state index in [0.717, 1.165) is 12.8 Å². The van der Waals surface area contributed by atoms with Crippen LogP contribution in [0.25, 0.3) is 0 Å². The summed E-state index contributed by atoms with van der Waals surface area (Å²) in [5.41, 5.74) is -0.210. The van der Waals surface area contributed by atoms with E-state index >= 15 is 0 Å². The number of hydrogen-bond acceptors (Lipinski definition) is 3. The number of nitrogens with one attached hydrogen (secondary N) is 1. The van der Waals surface area contributed by atoms with Gasteiger partial charge in [-0.25, -0.2) is 0 Å². The maximum absolute atomic E-state index is 12.0. The van der Waals surface area contributed by atoms with Crippen molar-refractivity contribution in [3.8, 4) is 0 Å². The van der Waals surface area contributed by atoms with Crippen LogP contribution in [0.1, 0.15) is 44.9 Å². The van der Waals surface area contributed by atoms with E-state index in [1.165, 1.54) is 39.2 Å². The fourth-order valence-electron chi connectivity index (χ4n) is 3.66. The van der Waals surface area contributed by atoms with Crippen molar-refractivity contribution in [1.29, 1.82) is 0 Å². The molecular weight excluding hydrogens is 202 g/mol. The molecule has 2 aliphatic carbocycles. The smallest absolute Gasteiger partial charge is 0.313 e. The molecule has 1 atom stereocenters. The molecule has 1 N–H and O–H groups in total. The van der Waals surface area contributed by atoms with Crippen LogP contribution in [-0.4, -0.2) is 26.2 Å². The summed E-state index contributed by atoms with van der Waals surface area (Å²) in [6.07, 6.45) is 8.35. The van der Waals surface area contributed by atoms with Crippen molar-refractivity contribution in [3.05, 3.63) is 0 Å². The monoisotopic (exact) mass is 225 g/mol. The Hall–Kier alpha value is -0.570. The molecule has 2 saturated carbocycles. The van der Waals surface area contributed by atoms with Crippen LogP contribution in [0.3, 0.4) is 0 Å². The lowest BCUT2D eigenvalue weighted by Gasteiger charge is -2.47. The number of rotatable bonds is 4. The minimum atomic E-state index is -0.210. The molecule has 92 valence electrons. The Labute approximate surface area is 97.9 Å². The zero-order valence-corrected chi connectivity index (χ0v) is 10.4. The molecular formula is C13H23NO2. The molecule has 0 aromatic heterocycles. The van der Waals surface area contributed by atoms with Crippen molar-refractivity contribution in [3.63, 3.8) is 0 Å². The Bertz CT molecular complexity index is 255. The van der Waals surface area contributed by atoms with Gasteiger partial charge < -0.3 is 10.1 Å². The molecule has 0 amide bonds. The Morgan fingerprint density at radius 3 is 2.31 bits per heavy atom. The first-order valence-corrected chi connectivity index (χ1v) is 6.50. The standard InChI is InChI=1S/C13H23NO2/c1-14-11(10-6-3-4-7-10)13(8-5-9-13)12(15)16-2/h10-11,14H,3-9H2,1-2H3. The van der Waals surface area contributed by atoms with E-state index in [0.29, 0.717) is 12.0 Å². The van der Waals surface area contributed by atoms with Crippen molar-refractivity contribution < 1.29 is 9.53 Å². The van der Waals surface area contributed by atoms with Crippen molar-refractivity contribution in [2.45, 2.75) is 51.0 Å². The third-order valence-corrected chi connectivity index (χ3v) is 4.62. The molecule has 2 aliphatic rings. The van der Waals surface area contributed by atoms with Crippen molar-refractivity contribution >= 4 is 5.97 Å². The predicted molar refractivity (Wildman–Crippen MR) is 63.1 cm³/mol. The number of hydrogen-bond donors (Lipinski definition) is 1. The lowest BCUT2D eigenvalue weighted by atomic mass is 9.60. The van der Waals surface area contributed by atoms with Gasteiger partial charge in [0.2, 0.25) is 0 Å². The van der Waals surface area contributed by atoms with Gasteiger partial charge in [0.25, 0.3) is 0 Å². The third-order valence-electron chi connectivity index (χ3n) is 4.62. The summed E-state index contributed by atoms with van der Waals surface area (Å²) in [6, 6.07) is 0.330. The maximum atomic E-state index is 12.0. The van der Waals surface area contributed by atoms with Crippen LogP contribution in [0, 0.1) is 11.3 Å². The molecule has 0 spiro atoms. The molecule has 1 unspecified atom stereocenters. The van der Waals surface area contributed by atoms with Gasteiger partial charge in [0.05, 0.1) is 12.5 Å². The first kappa shape index (κ1) is 11.9. The summed E-state index contributed by atoms with van der Waals surface area (Å²) in [5.74, 6) is 0.675. The number of ether oxygens (including phenoxy) is 1. The van der Waals surface area contributed by atoms with Crippen molar-refractivity contribution in [2.75, 3.05) is 14.2 Å². The van der Waals surface area contributed by atoms with Crippen LogP contribution < -0.4 is 5.32 Å². The second kappa shape index (κ2) is 4.74. The lowest BCUT2D eigenvalue weighted by Crippen LogP contribution is -2.56. The first-order valence-electron chi connectivity index (χ1n) is 6.50. The van der Waals surface area contributed by atoms with Gasteiger partial charge in [0, 0.05) is 6.04 Å². The molecule has 16 heavy (non-hydrogen) atoms. The Balaban J connectivity index is 2.13. The van der Waals surface area contributed by atoms with Gasteiger partial charge in [-0.3, -0.25) is 4.79 Å². The SMILES string of the molecule is CNC(C1CCCC1)C1(C(=O)OC)CCC1. The van der Waals surface area contributed by atoms with Gasteiger partial charge >= 0.3 is 5.97 Å². The van der Waals surface area contributed by atoms with Gasteiger partial charge in [0.15, 0.2) is 0 Å². The molecule has 0 saturated heterocycles. The van der Waals surface area contributed by atoms with Crippen LogP contribution in [0.15, 0.2) is 0 Å². The van der Waals surface area contributed by atoms with Gasteiger partial charge in [-0.2, -0.15) is 0 Å². The fourth-order valence-corrected chi connectivity index (χ4v) is 3.66. The number of carbonyl (C=O) groups is 1. The highest BCUT2D eigenvalue weighted by atomic mass is 16.5. The molecule has 0 aromatic carbocycles. The molecule has 0 heterocycles. The zero-order valence-electron chi connectivity index (χ0n) is 10.4. The molecule has 2 fully saturated rings. The number of carbonyl (C=O) groups excluding carboxylic acids is 1. The molecule has 3 heteroatoms. The van der Waals surface area contributed by atoms with Crippen molar-refractivity contribution in [2.24, 2.45) is 11.3 Å².